The van der Waals surface area contributed by atoms with E-state index in [0.29, 0.717) is 12.2 Å². The van der Waals surface area contributed by atoms with Crippen LogP contribution in [0, 0.1) is 23.0 Å². The summed E-state index contributed by atoms with van der Waals surface area (Å²) in [6.07, 6.45) is 0.273. The van der Waals surface area contributed by atoms with E-state index in [1.54, 1.807) is 23.1 Å². The molecule has 0 radical (unpaired) electrons. The molecule has 8 heteroatoms. The van der Waals surface area contributed by atoms with Gasteiger partial charge in [-0.1, -0.05) is 36.4 Å². The van der Waals surface area contributed by atoms with Gasteiger partial charge in [0.1, 0.15) is 34.8 Å². The first-order chi connectivity index (χ1) is 15.8. The Morgan fingerprint density at radius 1 is 1.18 bits per heavy atom. The van der Waals surface area contributed by atoms with Crippen LogP contribution in [0.15, 0.2) is 61.2 Å². The summed E-state index contributed by atoms with van der Waals surface area (Å²) in [5.41, 5.74) is 7.76. The maximum Gasteiger partial charge on any atom is 0.227 e. The number of nitrogens with zero attached hydrogens (tertiary/aromatic N) is 2. The Hall–Kier alpha value is -3.89. The Kier molecular flexibility index (Phi) is 6.03. The van der Waals surface area contributed by atoms with Gasteiger partial charge in [-0.05, 0) is 35.4 Å². The van der Waals surface area contributed by atoms with Crippen molar-refractivity contribution in [2.45, 2.75) is 12.3 Å². The van der Waals surface area contributed by atoms with Crippen molar-refractivity contribution in [1.82, 2.24) is 0 Å². The van der Waals surface area contributed by atoms with E-state index in [4.69, 9.17) is 27.3 Å². The maximum atomic E-state index is 13.9. The molecule has 3 aromatic carbocycles. The Balaban J connectivity index is 1.58. The number of nitrogens with two attached hydrogens (primary N) is 1. The fourth-order valence-electron chi connectivity index (χ4n) is 3.75. The number of nitriles is 1. The summed E-state index contributed by atoms with van der Waals surface area (Å²) in [4.78, 5) is 14.4. The van der Waals surface area contributed by atoms with Gasteiger partial charge in [-0.15, -0.1) is 0 Å². The lowest BCUT2D eigenvalue weighted by molar-refractivity contribution is -0.117. The molecule has 0 saturated carbocycles. The van der Waals surface area contributed by atoms with Crippen molar-refractivity contribution in [2.24, 2.45) is 5.73 Å². The molecule has 4 rings (SSSR count). The fourth-order valence-corrected chi connectivity index (χ4v) is 3.90. The van der Waals surface area contributed by atoms with E-state index in [-0.39, 0.29) is 34.8 Å². The molecule has 0 spiro atoms. The summed E-state index contributed by atoms with van der Waals surface area (Å²) >= 11 is 6.23. The molecule has 0 aliphatic carbocycles. The van der Waals surface area contributed by atoms with Gasteiger partial charge < -0.3 is 15.4 Å². The first-order valence-electron chi connectivity index (χ1n) is 9.98. The van der Waals surface area contributed by atoms with Gasteiger partial charge in [0.25, 0.3) is 0 Å². The number of ether oxygens (including phenoxy) is 1. The van der Waals surface area contributed by atoms with Crippen LogP contribution in [0.25, 0.3) is 5.70 Å². The SMILES string of the molecule is C=C(N)c1cccc(N2C[C@@H](c3ccc(Cl)c(Oc4cc(F)c(C#N)c(F)c4)c3)CC2=O)c1. The predicted octanol–water partition coefficient (Wildman–Crippen LogP) is 5.73. The van der Waals surface area contributed by atoms with Gasteiger partial charge in [-0.2, -0.15) is 5.26 Å². The second-order valence-corrected chi connectivity index (χ2v) is 8.05. The van der Waals surface area contributed by atoms with E-state index < -0.39 is 17.2 Å². The van der Waals surface area contributed by atoms with E-state index >= 15 is 0 Å². The molecule has 1 aliphatic heterocycles. The average Bonchev–Trinajstić information content (AvgIpc) is 3.17. The average molecular weight is 466 g/mol. The molecule has 1 amide bonds. The fraction of sp³-hybridized carbons (Fsp3) is 0.120. The molecule has 3 aromatic rings. The van der Waals surface area contributed by atoms with Crippen LogP contribution >= 0.6 is 11.6 Å². The highest BCUT2D eigenvalue weighted by Crippen LogP contribution is 2.37. The Morgan fingerprint density at radius 2 is 1.91 bits per heavy atom. The number of carbonyl (C=O) groups excluding carboxylic acids is 1. The standard InChI is InChI=1S/C25H18ClF2N3O2/c1-14(30)15-3-2-4-18(7-15)31-13-17(9-25(31)32)16-5-6-21(26)24(8-16)33-19-10-22(27)20(12-29)23(28)11-19/h2-8,10-11,17H,1,9,13,30H2/t17-/m0/s1. The van der Waals surface area contributed by atoms with Crippen molar-refractivity contribution in [3.63, 3.8) is 0 Å². The van der Waals surface area contributed by atoms with Crippen LogP contribution in [-0.4, -0.2) is 12.5 Å². The molecule has 1 heterocycles. The van der Waals surface area contributed by atoms with Crippen LogP contribution in [-0.2, 0) is 4.79 Å². The Labute approximate surface area is 194 Å². The summed E-state index contributed by atoms with van der Waals surface area (Å²) in [6, 6.07) is 15.6. The third-order valence-electron chi connectivity index (χ3n) is 5.44. The van der Waals surface area contributed by atoms with Gasteiger partial charge in [-0.25, -0.2) is 8.78 Å². The lowest BCUT2D eigenvalue weighted by Gasteiger charge is -2.18. The molecule has 1 fully saturated rings. The molecule has 0 aromatic heterocycles. The molecular weight excluding hydrogens is 448 g/mol. The molecule has 1 aliphatic rings. The van der Waals surface area contributed by atoms with Crippen LogP contribution in [0.3, 0.4) is 0 Å². The van der Waals surface area contributed by atoms with Crippen molar-refractivity contribution in [3.8, 4) is 17.6 Å². The van der Waals surface area contributed by atoms with Crippen molar-refractivity contribution in [1.29, 1.82) is 5.26 Å². The van der Waals surface area contributed by atoms with Gasteiger partial charge in [0.2, 0.25) is 5.91 Å². The van der Waals surface area contributed by atoms with Crippen molar-refractivity contribution >= 4 is 28.9 Å². The van der Waals surface area contributed by atoms with Crippen LogP contribution in [0.2, 0.25) is 5.02 Å². The van der Waals surface area contributed by atoms with E-state index in [1.165, 1.54) is 6.07 Å². The molecule has 0 unspecified atom stereocenters. The van der Waals surface area contributed by atoms with Crippen LogP contribution < -0.4 is 15.4 Å². The normalized spacial score (nSPS) is 15.4. The number of amides is 1. The molecule has 0 bridgehead atoms. The number of hydrogen-bond donors (Lipinski definition) is 1. The summed E-state index contributed by atoms with van der Waals surface area (Å²) in [5.74, 6) is -2.20. The second-order valence-electron chi connectivity index (χ2n) is 7.65. The predicted molar refractivity (Wildman–Crippen MR) is 122 cm³/mol. The topological polar surface area (TPSA) is 79.3 Å². The molecule has 5 nitrogen and oxygen atoms in total. The van der Waals surface area contributed by atoms with E-state index in [1.807, 2.05) is 24.3 Å². The molecule has 1 saturated heterocycles. The molecular formula is C25H18ClF2N3O2. The van der Waals surface area contributed by atoms with Gasteiger partial charge in [0.05, 0.1) is 5.02 Å². The molecule has 33 heavy (non-hydrogen) atoms. The molecule has 166 valence electrons. The largest absolute Gasteiger partial charge is 0.456 e. The summed E-state index contributed by atoms with van der Waals surface area (Å²) in [7, 11) is 0. The lowest BCUT2D eigenvalue weighted by atomic mass is 9.98. The minimum atomic E-state index is -1.03. The highest BCUT2D eigenvalue weighted by Gasteiger charge is 2.32. The first kappa shape index (κ1) is 22.3. The van der Waals surface area contributed by atoms with E-state index in [0.717, 1.165) is 28.9 Å². The second kappa shape index (κ2) is 8.93. The minimum Gasteiger partial charge on any atom is -0.456 e. The number of carbonyl (C=O) groups is 1. The first-order valence-corrected chi connectivity index (χ1v) is 10.4. The van der Waals surface area contributed by atoms with Crippen LogP contribution in [0.1, 0.15) is 29.0 Å². The summed E-state index contributed by atoms with van der Waals surface area (Å²) in [5, 5.41) is 9.05. The smallest absolute Gasteiger partial charge is 0.227 e. The molecule has 1 atom stereocenters. The third kappa shape index (κ3) is 4.52. The quantitative estimate of drug-likeness (QED) is 0.521. The van der Waals surface area contributed by atoms with Gasteiger partial charge in [-0.3, -0.25) is 4.79 Å². The van der Waals surface area contributed by atoms with Crippen LogP contribution in [0.5, 0.6) is 11.5 Å². The van der Waals surface area contributed by atoms with Gasteiger partial charge in [0.15, 0.2) is 0 Å². The van der Waals surface area contributed by atoms with Gasteiger partial charge in [0, 0.05) is 42.4 Å². The number of anilines is 1. The Morgan fingerprint density at radius 3 is 2.58 bits per heavy atom. The van der Waals surface area contributed by atoms with Crippen LogP contribution in [0.4, 0.5) is 14.5 Å². The molecule has 2 N–H and O–H groups in total. The Bertz CT molecular complexity index is 1300. The van der Waals surface area contributed by atoms with Crippen molar-refractivity contribution in [2.75, 3.05) is 11.4 Å². The zero-order valence-electron chi connectivity index (χ0n) is 17.3. The highest BCUT2D eigenvalue weighted by atomic mass is 35.5. The number of rotatable bonds is 5. The lowest BCUT2D eigenvalue weighted by Crippen LogP contribution is -2.24. The van der Waals surface area contributed by atoms with E-state index in [9.17, 15) is 13.6 Å². The zero-order chi connectivity index (χ0) is 23.7. The summed E-state index contributed by atoms with van der Waals surface area (Å²) < 4.78 is 33.5. The van der Waals surface area contributed by atoms with E-state index in [2.05, 4.69) is 6.58 Å². The minimum absolute atomic E-state index is 0.0477. The number of halogens is 3. The van der Waals surface area contributed by atoms with Crippen molar-refractivity contribution < 1.29 is 18.3 Å². The number of hydrogen-bond acceptors (Lipinski definition) is 4. The van der Waals surface area contributed by atoms with Gasteiger partial charge >= 0.3 is 0 Å². The highest BCUT2D eigenvalue weighted by molar-refractivity contribution is 6.32. The monoisotopic (exact) mass is 465 g/mol. The summed E-state index contributed by atoms with van der Waals surface area (Å²) in [6.45, 7) is 4.16. The third-order valence-corrected chi connectivity index (χ3v) is 5.75. The zero-order valence-corrected chi connectivity index (χ0v) is 18.1. The van der Waals surface area contributed by atoms with Crippen molar-refractivity contribution in [3.05, 3.63) is 94.5 Å². The number of benzene rings is 3. The maximum absolute atomic E-state index is 13.9.